The van der Waals surface area contributed by atoms with Crippen molar-refractivity contribution < 1.29 is 4.74 Å². The van der Waals surface area contributed by atoms with E-state index in [4.69, 9.17) is 10.00 Å². The first-order valence-corrected chi connectivity index (χ1v) is 4.33. The van der Waals surface area contributed by atoms with E-state index in [0.717, 1.165) is 19.4 Å². The quantitative estimate of drug-likeness (QED) is 0.653. The van der Waals surface area contributed by atoms with Crippen LogP contribution in [0.4, 0.5) is 0 Å². The van der Waals surface area contributed by atoms with Crippen molar-refractivity contribution in [2.45, 2.75) is 32.2 Å². The molecule has 70 valence electrons. The molecule has 0 heterocycles. The fraction of sp³-hybridized carbons (Fsp3) is 0.889. The summed E-state index contributed by atoms with van der Waals surface area (Å²) in [5.74, 6) is 0. The second kappa shape index (κ2) is 5.99. The highest BCUT2D eigenvalue weighted by Crippen LogP contribution is 2.07. The lowest BCUT2D eigenvalue weighted by molar-refractivity contribution is 0.174. The normalized spacial score (nSPS) is 15.2. The fourth-order valence-corrected chi connectivity index (χ4v) is 0.891. The molecule has 0 saturated carbocycles. The lowest BCUT2D eigenvalue weighted by atomic mass is 10.0. The Morgan fingerprint density at radius 2 is 2.25 bits per heavy atom. The van der Waals surface area contributed by atoms with Gasteiger partial charge in [0.2, 0.25) is 0 Å². The van der Waals surface area contributed by atoms with E-state index in [1.54, 1.807) is 7.11 Å². The molecule has 0 aromatic heterocycles. The van der Waals surface area contributed by atoms with Crippen LogP contribution in [0.2, 0.25) is 0 Å². The molecule has 0 amide bonds. The molecule has 0 aromatic rings. The van der Waals surface area contributed by atoms with E-state index in [9.17, 15) is 0 Å². The van der Waals surface area contributed by atoms with Crippen molar-refractivity contribution in [2.75, 3.05) is 20.3 Å². The third-order valence-corrected chi connectivity index (χ3v) is 1.82. The molecule has 0 saturated heterocycles. The summed E-state index contributed by atoms with van der Waals surface area (Å²) in [4.78, 5) is 0. The smallest absolute Gasteiger partial charge is 0.106 e. The maximum absolute atomic E-state index is 8.87. The summed E-state index contributed by atoms with van der Waals surface area (Å²) < 4.78 is 4.93. The van der Waals surface area contributed by atoms with Gasteiger partial charge in [-0.1, -0.05) is 6.92 Å². The number of nitrogens with one attached hydrogen (secondary N) is 1. The highest BCUT2D eigenvalue weighted by atomic mass is 16.5. The highest BCUT2D eigenvalue weighted by Gasteiger charge is 2.21. The van der Waals surface area contributed by atoms with Crippen LogP contribution in [-0.4, -0.2) is 25.8 Å². The van der Waals surface area contributed by atoms with Crippen molar-refractivity contribution in [1.82, 2.24) is 5.32 Å². The maximum Gasteiger partial charge on any atom is 0.106 e. The predicted molar refractivity (Wildman–Crippen MR) is 48.8 cm³/mol. The molecule has 0 spiro atoms. The minimum atomic E-state index is -0.425. The summed E-state index contributed by atoms with van der Waals surface area (Å²) in [6.45, 7) is 5.50. The molecule has 1 N–H and O–H groups in total. The molecule has 0 aliphatic carbocycles. The fourth-order valence-electron chi connectivity index (χ4n) is 0.891. The molecule has 3 nitrogen and oxygen atoms in total. The number of ether oxygens (including phenoxy) is 1. The Morgan fingerprint density at radius 1 is 1.58 bits per heavy atom. The topological polar surface area (TPSA) is 45.0 Å². The van der Waals surface area contributed by atoms with Crippen LogP contribution in [0.25, 0.3) is 0 Å². The second-order valence-electron chi connectivity index (χ2n) is 3.11. The number of methoxy groups -OCH3 is 1. The summed E-state index contributed by atoms with van der Waals surface area (Å²) in [7, 11) is 1.65. The number of nitriles is 1. The van der Waals surface area contributed by atoms with Gasteiger partial charge in [-0.15, -0.1) is 0 Å². The van der Waals surface area contributed by atoms with Gasteiger partial charge in [0, 0.05) is 20.1 Å². The van der Waals surface area contributed by atoms with Gasteiger partial charge in [-0.05, 0) is 19.9 Å². The Kier molecular flexibility index (Phi) is 5.69. The lowest BCUT2D eigenvalue weighted by Gasteiger charge is -2.22. The molecule has 1 unspecified atom stereocenters. The minimum absolute atomic E-state index is 0.425. The molecule has 0 fully saturated rings. The SMILES string of the molecule is CCCNC(C)(C#N)CCOC. The van der Waals surface area contributed by atoms with Gasteiger partial charge >= 0.3 is 0 Å². The van der Waals surface area contributed by atoms with Crippen molar-refractivity contribution in [3.63, 3.8) is 0 Å². The monoisotopic (exact) mass is 170 g/mol. The lowest BCUT2D eigenvalue weighted by Crippen LogP contribution is -2.42. The predicted octanol–water partition coefficient (Wildman–Crippen LogP) is 1.30. The van der Waals surface area contributed by atoms with E-state index in [-0.39, 0.29) is 0 Å². The second-order valence-corrected chi connectivity index (χ2v) is 3.11. The molecule has 0 rings (SSSR count). The Bertz CT molecular complexity index is 143. The van der Waals surface area contributed by atoms with Gasteiger partial charge in [-0.3, -0.25) is 5.32 Å². The van der Waals surface area contributed by atoms with Crippen molar-refractivity contribution in [3.05, 3.63) is 0 Å². The zero-order valence-corrected chi connectivity index (χ0v) is 8.18. The van der Waals surface area contributed by atoms with Gasteiger partial charge in [0.25, 0.3) is 0 Å². The van der Waals surface area contributed by atoms with Crippen LogP contribution < -0.4 is 5.32 Å². The van der Waals surface area contributed by atoms with Gasteiger partial charge in [-0.25, -0.2) is 0 Å². The van der Waals surface area contributed by atoms with Crippen LogP contribution in [0, 0.1) is 11.3 Å². The summed E-state index contributed by atoms with van der Waals surface area (Å²) in [5.41, 5.74) is -0.425. The van der Waals surface area contributed by atoms with E-state index in [1.165, 1.54) is 0 Å². The van der Waals surface area contributed by atoms with E-state index in [0.29, 0.717) is 6.61 Å². The number of hydrogen-bond acceptors (Lipinski definition) is 3. The average Bonchev–Trinajstić information content (AvgIpc) is 2.11. The summed E-state index contributed by atoms with van der Waals surface area (Å²) in [6.07, 6.45) is 1.78. The molecule has 1 atom stereocenters. The van der Waals surface area contributed by atoms with Crippen LogP contribution in [0.1, 0.15) is 26.7 Å². The standard InChI is InChI=1S/C9H18N2O/c1-4-6-11-9(2,8-10)5-7-12-3/h11H,4-7H2,1-3H3. The molecular formula is C9H18N2O. The van der Waals surface area contributed by atoms with Gasteiger partial charge < -0.3 is 4.74 Å². The Hall–Kier alpha value is -0.590. The average molecular weight is 170 g/mol. The molecule has 0 radical (unpaired) electrons. The van der Waals surface area contributed by atoms with Crippen LogP contribution in [0.5, 0.6) is 0 Å². The van der Waals surface area contributed by atoms with Crippen LogP contribution in [0.3, 0.4) is 0 Å². The van der Waals surface area contributed by atoms with E-state index < -0.39 is 5.54 Å². The van der Waals surface area contributed by atoms with Gasteiger partial charge in [0.15, 0.2) is 0 Å². The van der Waals surface area contributed by atoms with E-state index >= 15 is 0 Å². The highest BCUT2D eigenvalue weighted by molar-refractivity contribution is 5.03. The third-order valence-electron chi connectivity index (χ3n) is 1.82. The van der Waals surface area contributed by atoms with Crippen molar-refractivity contribution in [1.29, 1.82) is 5.26 Å². The van der Waals surface area contributed by atoms with E-state index in [1.807, 2.05) is 6.92 Å². The maximum atomic E-state index is 8.87. The van der Waals surface area contributed by atoms with Gasteiger partial charge in [-0.2, -0.15) is 5.26 Å². The number of hydrogen-bond donors (Lipinski definition) is 1. The Morgan fingerprint density at radius 3 is 2.67 bits per heavy atom. The summed E-state index contributed by atoms with van der Waals surface area (Å²) in [5, 5.41) is 12.1. The largest absolute Gasteiger partial charge is 0.385 e. The molecule has 0 aliphatic rings. The Balaban J connectivity index is 3.81. The first kappa shape index (κ1) is 11.4. The molecule has 12 heavy (non-hydrogen) atoms. The van der Waals surface area contributed by atoms with Crippen LogP contribution in [-0.2, 0) is 4.74 Å². The van der Waals surface area contributed by atoms with Crippen LogP contribution >= 0.6 is 0 Å². The van der Waals surface area contributed by atoms with Gasteiger partial charge in [0.05, 0.1) is 6.07 Å². The zero-order valence-electron chi connectivity index (χ0n) is 8.18. The van der Waals surface area contributed by atoms with Crippen LogP contribution in [0.15, 0.2) is 0 Å². The molecule has 0 aromatic carbocycles. The molecule has 0 aliphatic heterocycles. The number of nitrogens with zero attached hydrogens (tertiary/aromatic N) is 1. The third kappa shape index (κ3) is 4.32. The molecule has 0 bridgehead atoms. The van der Waals surface area contributed by atoms with Gasteiger partial charge in [0.1, 0.15) is 5.54 Å². The van der Waals surface area contributed by atoms with E-state index in [2.05, 4.69) is 18.3 Å². The Labute approximate surface area is 74.7 Å². The summed E-state index contributed by atoms with van der Waals surface area (Å²) in [6, 6.07) is 2.26. The zero-order chi connectivity index (χ0) is 9.45. The summed E-state index contributed by atoms with van der Waals surface area (Å²) >= 11 is 0. The molecular weight excluding hydrogens is 152 g/mol. The van der Waals surface area contributed by atoms with Crippen molar-refractivity contribution in [2.24, 2.45) is 0 Å². The first-order valence-electron chi connectivity index (χ1n) is 4.33. The number of rotatable bonds is 6. The van der Waals surface area contributed by atoms with Crippen molar-refractivity contribution in [3.8, 4) is 6.07 Å². The minimum Gasteiger partial charge on any atom is -0.385 e. The molecule has 3 heteroatoms. The van der Waals surface area contributed by atoms with Crippen molar-refractivity contribution >= 4 is 0 Å². The first-order chi connectivity index (χ1) is 5.68.